The summed E-state index contributed by atoms with van der Waals surface area (Å²) in [6, 6.07) is 10.2. The van der Waals surface area contributed by atoms with Crippen LogP contribution in [0.1, 0.15) is 17.5 Å². The molecule has 1 aliphatic rings. The highest BCUT2D eigenvalue weighted by molar-refractivity contribution is 5.94. The van der Waals surface area contributed by atoms with Gasteiger partial charge in [0.25, 0.3) is 0 Å². The summed E-state index contributed by atoms with van der Waals surface area (Å²) in [4.78, 5) is 14.2. The van der Waals surface area contributed by atoms with Gasteiger partial charge in [-0.15, -0.1) is 0 Å². The molecule has 4 nitrogen and oxygen atoms in total. The lowest BCUT2D eigenvalue weighted by Gasteiger charge is -2.31. The molecule has 0 bridgehead atoms. The molecule has 1 aliphatic heterocycles. The first-order valence-corrected chi connectivity index (χ1v) is 7.94. The van der Waals surface area contributed by atoms with Crippen LogP contribution in [0, 0.1) is 0 Å². The van der Waals surface area contributed by atoms with Gasteiger partial charge in [-0.1, -0.05) is 12.1 Å². The monoisotopic (exact) mass is 349 g/mol. The zero-order valence-corrected chi connectivity index (χ0v) is 13.4. The van der Waals surface area contributed by atoms with E-state index in [9.17, 15) is 18.0 Å². The average molecular weight is 349 g/mol. The maximum atomic E-state index is 12.7. The lowest BCUT2D eigenvalue weighted by atomic mass is 10.00. The number of anilines is 3. The van der Waals surface area contributed by atoms with Gasteiger partial charge in [-0.2, -0.15) is 13.2 Å². The molecule has 132 valence electrons. The number of hydrogen-bond donors (Lipinski definition) is 2. The molecule has 3 N–H and O–H groups in total. The number of carbonyl (C=O) groups is 1. The van der Waals surface area contributed by atoms with Gasteiger partial charge in [-0.05, 0) is 48.7 Å². The number of nitrogens with zero attached hydrogens (tertiary/aromatic N) is 1. The molecule has 3 rings (SSSR count). The minimum absolute atomic E-state index is 0.0622. The van der Waals surface area contributed by atoms with Gasteiger partial charge < -0.3 is 16.0 Å². The molecule has 1 heterocycles. The predicted octanol–water partition coefficient (Wildman–Crippen LogP) is 3.68. The topological polar surface area (TPSA) is 58.4 Å². The van der Waals surface area contributed by atoms with E-state index < -0.39 is 11.7 Å². The molecule has 25 heavy (non-hydrogen) atoms. The highest BCUT2D eigenvalue weighted by Gasteiger charge is 2.30. The number of alkyl halides is 3. The van der Waals surface area contributed by atoms with Crippen LogP contribution < -0.4 is 16.0 Å². The molecule has 0 fully saturated rings. The second kappa shape index (κ2) is 6.66. The van der Waals surface area contributed by atoms with Crippen molar-refractivity contribution in [3.05, 3.63) is 53.6 Å². The van der Waals surface area contributed by atoms with Crippen molar-refractivity contribution in [2.45, 2.75) is 19.0 Å². The fraction of sp³-hybridized carbons (Fsp3) is 0.278. The number of carbonyl (C=O) groups excluding carboxylic acids is 1. The largest absolute Gasteiger partial charge is 0.416 e. The van der Waals surface area contributed by atoms with E-state index in [1.54, 1.807) is 0 Å². The lowest BCUT2D eigenvalue weighted by Crippen LogP contribution is -2.37. The first kappa shape index (κ1) is 17.1. The molecule has 0 aromatic heterocycles. The molecule has 7 heteroatoms. The molecular formula is C18H18F3N3O. The second-order valence-electron chi connectivity index (χ2n) is 6.00. The smallest absolute Gasteiger partial charge is 0.398 e. The van der Waals surface area contributed by atoms with Crippen molar-refractivity contribution in [2.24, 2.45) is 0 Å². The molecule has 1 amide bonds. The molecule has 0 aliphatic carbocycles. The first-order valence-electron chi connectivity index (χ1n) is 7.94. The second-order valence-corrected chi connectivity index (χ2v) is 6.00. The van der Waals surface area contributed by atoms with E-state index in [4.69, 9.17) is 5.73 Å². The van der Waals surface area contributed by atoms with Crippen LogP contribution in [-0.2, 0) is 17.4 Å². The number of fused-ring (bicyclic) bond motifs is 1. The maximum absolute atomic E-state index is 12.7. The minimum atomic E-state index is -4.44. The molecule has 0 radical (unpaired) electrons. The zero-order chi connectivity index (χ0) is 18.0. The van der Waals surface area contributed by atoms with Crippen molar-refractivity contribution >= 4 is 23.0 Å². The number of rotatable bonds is 3. The quantitative estimate of drug-likeness (QED) is 0.831. The van der Waals surface area contributed by atoms with Crippen LogP contribution in [0.15, 0.2) is 42.5 Å². The number of nitrogens with two attached hydrogens (primary N) is 1. The first-order chi connectivity index (χ1) is 11.8. The van der Waals surface area contributed by atoms with Crippen molar-refractivity contribution < 1.29 is 18.0 Å². The van der Waals surface area contributed by atoms with Gasteiger partial charge in [0.2, 0.25) is 5.91 Å². The van der Waals surface area contributed by atoms with Crippen LogP contribution in [0.25, 0.3) is 0 Å². The van der Waals surface area contributed by atoms with Crippen LogP contribution in [0.4, 0.5) is 30.2 Å². The number of hydrogen-bond acceptors (Lipinski definition) is 3. The summed E-state index contributed by atoms with van der Waals surface area (Å²) in [5, 5.41) is 2.54. The fourth-order valence-electron chi connectivity index (χ4n) is 3.04. The highest BCUT2D eigenvalue weighted by atomic mass is 19.4. The van der Waals surface area contributed by atoms with Crippen LogP contribution >= 0.6 is 0 Å². The Labute approximate surface area is 143 Å². The van der Waals surface area contributed by atoms with E-state index in [-0.39, 0.29) is 18.1 Å². The van der Waals surface area contributed by atoms with Gasteiger partial charge in [-0.25, -0.2) is 0 Å². The van der Waals surface area contributed by atoms with E-state index in [0.29, 0.717) is 12.2 Å². The lowest BCUT2D eigenvalue weighted by molar-refractivity contribution is -0.137. The number of benzene rings is 2. The summed E-state index contributed by atoms with van der Waals surface area (Å²) < 4.78 is 38.2. The molecule has 0 atom stereocenters. The molecule has 0 saturated carbocycles. The minimum Gasteiger partial charge on any atom is -0.398 e. The fourth-order valence-corrected chi connectivity index (χ4v) is 3.04. The molecule has 2 aromatic carbocycles. The Morgan fingerprint density at radius 1 is 1.20 bits per heavy atom. The third-order valence-electron chi connectivity index (χ3n) is 4.19. The molecule has 0 saturated heterocycles. The van der Waals surface area contributed by atoms with E-state index in [2.05, 4.69) is 5.32 Å². The number of nitrogen functional groups attached to an aromatic ring is 1. The Morgan fingerprint density at radius 3 is 2.72 bits per heavy atom. The van der Waals surface area contributed by atoms with Gasteiger partial charge in [0, 0.05) is 23.6 Å². The summed E-state index contributed by atoms with van der Waals surface area (Å²) in [5.41, 5.74) is 7.94. The maximum Gasteiger partial charge on any atom is 0.416 e. The van der Waals surface area contributed by atoms with E-state index in [0.717, 1.165) is 36.2 Å². The summed E-state index contributed by atoms with van der Waals surface area (Å²) in [6.07, 6.45) is -2.71. The summed E-state index contributed by atoms with van der Waals surface area (Å²) in [5.74, 6) is -0.366. The van der Waals surface area contributed by atoms with Gasteiger partial charge in [0.15, 0.2) is 0 Å². The van der Waals surface area contributed by atoms with Crippen LogP contribution in [0.3, 0.4) is 0 Å². The molecular weight excluding hydrogens is 331 g/mol. The predicted molar refractivity (Wildman–Crippen MR) is 91.5 cm³/mol. The summed E-state index contributed by atoms with van der Waals surface area (Å²) in [7, 11) is 0. The SMILES string of the molecule is Nc1cccc2c1CCCN2CC(=O)Nc1cccc(C(F)(F)F)c1. The van der Waals surface area contributed by atoms with Gasteiger partial charge in [-0.3, -0.25) is 4.79 Å². The molecule has 0 unspecified atom stereocenters. The normalized spacial score (nSPS) is 14.1. The molecule has 2 aromatic rings. The van der Waals surface area contributed by atoms with Crippen LogP contribution in [-0.4, -0.2) is 19.0 Å². The zero-order valence-electron chi connectivity index (χ0n) is 13.4. The van der Waals surface area contributed by atoms with Crippen molar-refractivity contribution in [1.29, 1.82) is 0 Å². The average Bonchev–Trinajstić information content (AvgIpc) is 2.55. The Morgan fingerprint density at radius 2 is 1.96 bits per heavy atom. The Bertz CT molecular complexity index is 789. The van der Waals surface area contributed by atoms with Crippen molar-refractivity contribution in [2.75, 3.05) is 29.0 Å². The van der Waals surface area contributed by atoms with E-state index in [1.807, 2.05) is 23.1 Å². The Hall–Kier alpha value is -2.70. The third-order valence-corrected chi connectivity index (χ3v) is 4.19. The highest BCUT2D eigenvalue weighted by Crippen LogP contribution is 2.32. The summed E-state index contributed by atoms with van der Waals surface area (Å²) in [6.45, 7) is 0.763. The van der Waals surface area contributed by atoms with E-state index in [1.165, 1.54) is 12.1 Å². The van der Waals surface area contributed by atoms with Crippen molar-refractivity contribution in [1.82, 2.24) is 0 Å². The van der Waals surface area contributed by atoms with Crippen LogP contribution in [0.5, 0.6) is 0 Å². The summed E-state index contributed by atoms with van der Waals surface area (Å²) >= 11 is 0. The van der Waals surface area contributed by atoms with Gasteiger partial charge in [0.1, 0.15) is 0 Å². The number of nitrogens with one attached hydrogen (secondary N) is 1. The molecule has 0 spiro atoms. The number of halogens is 3. The Balaban J connectivity index is 1.72. The standard InChI is InChI=1S/C18H18F3N3O/c19-18(20,21)12-4-1-5-13(10-12)23-17(25)11-24-9-3-6-14-15(22)7-2-8-16(14)24/h1-2,4-5,7-8,10H,3,6,9,11,22H2,(H,23,25). The van der Waals surface area contributed by atoms with Crippen molar-refractivity contribution in [3.8, 4) is 0 Å². The van der Waals surface area contributed by atoms with Crippen molar-refractivity contribution in [3.63, 3.8) is 0 Å². The third kappa shape index (κ3) is 3.87. The van der Waals surface area contributed by atoms with E-state index >= 15 is 0 Å². The Kier molecular flexibility index (Phi) is 4.57. The van der Waals surface area contributed by atoms with Gasteiger partial charge in [0.05, 0.1) is 12.1 Å². The number of amides is 1. The van der Waals surface area contributed by atoms with Crippen LogP contribution in [0.2, 0.25) is 0 Å². The van der Waals surface area contributed by atoms with Gasteiger partial charge >= 0.3 is 6.18 Å².